The highest BCUT2D eigenvalue weighted by Crippen LogP contribution is 2.38. The molecule has 4 rings (SSSR count). The Balaban J connectivity index is 2.00. The molecule has 36 heavy (non-hydrogen) atoms. The molecule has 0 aliphatic rings. The Bertz CT molecular complexity index is 1460. The Kier molecular flexibility index (Phi) is 7.10. The van der Waals surface area contributed by atoms with Crippen molar-refractivity contribution in [3.05, 3.63) is 92.7 Å². The van der Waals surface area contributed by atoms with Crippen molar-refractivity contribution in [2.45, 2.75) is 19.4 Å². The van der Waals surface area contributed by atoms with Crippen molar-refractivity contribution in [1.82, 2.24) is 9.55 Å². The van der Waals surface area contributed by atoms with Crippen LogP contribution in [0, 0.1) is 25.5 Å². The lowest BCUT2D eigenvalue weighted by atomic mass is 10.1. The van der Waals surface area contributed by atoms with Gasteiger partial charge in [-0.1, -0.05) is 11.6 Å². The third-order valence-electron chi connectivity index (χ3n) is 5.98. The Hall–Kier alpha value is -3.37. The maximum absolute atomic E-state index is 14.8. The second-order valence-electron chi connectivity index (χ2n) is 8.35. The van der Waals surface area contributed by atoms with Gasteiger partial charge in [-0.05, 0) is 55.3 Å². The highest BCUT2D eigenvalue weighted by molar-refractivity contribution is 6.30. The number of hydrogen-bond acceptors (Lipinski definition) is 6. The molecular weight excluding hydrogens is 494 g/mol. The van der Waals surface area contributed by atoms with Crippen LogP contribution in [-0.4, -0.2) is 40.1 Å². The van der Waals surface area contributed by atoms with Gasteiger partial charge in [-0.2, -0.15) is 0 Å². The summed E-state index contributed by atoms with van der Waals surface area (Å²) in [6.45, 7) is 2.26. The van der Waals surface area contributed by atoms with E-state index in [1.807, 2.05) is 13.8 Å². The highest BCUT2D eigenvalue weighted by atomic mass is 35.5. The number of benzene rings is 2. The molecule has 0 amide bonds. The minimum absolute atomic E-state index is 0.0943. The molecule has 0 aliphatic heterocycles. The summed E-state index contributed by atoms with van der Waals surface area (Å²) in [6, 6.07) is 9.21. The standard InChI is InChI=1S/C26H23ClF2N2O5/c1-14-8-17(27)9-15(2)23(14)31-11-16(4-7-21(31)34)22-24(19-6-5-18(28)10-20(19)29)36-25(30-22)26(12-32,13-33)35-3/h4-11,32-33H,12-13H2,1-3H3. The summed E-state index contributed by atoms with van der Waals surface area (Å²) in [4.78, 5) is 17.3. The summed E-state index contributed by atoms with van der Waals surface area (Å²) in [6.07, 6.45) is 1.52. The third kappa shape index (κ3) is 4.46. The van der Waals surface area contributed by atoms with Crippen LogP contribution in [0.4, 0.5) is 8.78 Å². The quantitative estimate of drug-likeness (QED) is 0.374. The van der Waals surface area contributed by atoms with Crippen molar-refractivity contribution in [2.75, 3.05) is 20.3 Å². The molecule has 0 saturated carbocycles. The number of methoxy groups -OCH3 is 1. The van der Waals surface area contributed by atoms with Gasteiger partial charge in [0.2, 0.25) is 5.89 Å². The van der Waals surface area contributed by atoms with E-state index < -0.39 is 30.4 Å². The number of oxazole rings is 1. The van der Waals surface area contributed by atoms with Gasteiger partial charge in [0.1, 0.15) is 17.3 Å². The third-order valence-corrected chi connectivity index (χ3v) is 6.19. The van der Waals surface area contributed by atoms with Gasteiger partial charge in [0.05, 0.1) is 24.5 Å². The molecule has 0 atom stereocenters. The first-order valence-corrected chi connectivity index (χ1v) is 11.3. The zero-order valence-electron chi connectivity index (χ0n) is 19.7. The molecule has 4 aromatic rings. The zero-order chi connectivity index (χ0) is 26.2. The van der Waals surface area contributed by atoms with Crippen LogP contribution in [0.25, 0.3) is 28.3 Å². The minimum Gasteiger partial charge on any atom is -0.437 e. The van der Waals surface area contributed by atoms with Crippen LogP contribution in [0.15, 0.2) is 57.9 Å². The van der Waals surface area contributed by atoms with Crippen LogP contribution < -0.4 is 5.56 Å². The van der Waals surface area contributed by atoms with E-state index in [9.17, 15) is 23.8 Å². The van der Waals surface area contributed by atoms with Gasteiger partial charge in [0.25, 0.3) is 5.56 Å². The van der Waals surface area contributed by atoms with Crippen molar-refractivity contribution in [3.63, 3.8) is 0 Å². The fourth-order valence-corrected chi connectivity index (χ4v) is 4.38. The lowest BCUT2D eigenvalue weighted by Crippen LogP contribution is -2.37. The van der Waals surface area contributed by atoms with E-state index in [2.05, 4.69) is 4.98 Å². The summed E-state index contributed by atoms with van der Waals surface area (Å²) < 4.78 is 41.0. The summed E-state index contributed by atoms with van der Waals surface area (Å²) in [7, 11) is 1.25. The molecule has 188 valence electrons. The maximum atomic E-state index is 14.8. The number of aliphatic hydroxyl groups is 2. The number of ether oxygens (including phenoxy) is 1. The minimum atomic E-state index is -1.72. The van der Waals surface area contributed by atoms with Crippen molar-refractivity contribution < 1.29 is 28.1 Å². The van der Waals surface area contributed by atoms with Gasteiger partial charge in [-0.3, -0.25) is 9.36 Å². The van der Waals surface area contributed by atoms with Crippen molar-refractivity contribution in [1.29, 1.82) is 0 Å². The molecule has 7 nitrogen and oxygen atoms in total. The van der Waals surface area contributed by atoms with E-state index in [0.29, 0.717) is 22.3 Å². The van der Waals surface area contributed by atoms with Crippen LogP contribution >= 0.6 is 11.6 Å². The predicted molar refractivity (Wildman–Crippen MR) is 130 cm³/mol. The lowest BCUT2D eigenvalue weighted by Gasteiger charge is -2.24. The largest absolute Gasteiger partial charge is 0.437 e. The van der Waals surface area contributed by atoms with Gasteiger partial charge in [0, 0.05) is 36.0 Å². The van der Waals surface area contributed by atoms with Gasteiger partial charge in [0.15, 0.2) is 11.4 Å². The molecule has 0 bridgehead atoms. The fourth-order valence-electron chi connectivity index (χ4n) is 4.05. The highest BCUT2D eigenvalue weighted by Gasteiger charge is 2.38. The smallest absolute Gasteiger partial charge is 0.255 e. The van der Waals surface area contributed by atoms with Crippen LogP contribution in [0.5, 0.6) is 0 Å². The molecule has 0 aliphatic carbocycles. The van der Waals surface area contributed by atoms with Gasteiger partial charge < -0.3 is 19.4 Å². The molecule has 10 heteroatoms. The van der Waals surface area contributed by atoms with Gasteiger partial charge in [-0.15, -0.1) is 0 Å². The first kappa shape index (κ1) is 25.7. The first-order chi connectivity index (χ1) is 17.1. The topological polar surface area (TPSA) is 97.7 Å². The van der Waals surface area contributed by atoms with Crippen LogP contribution in [-0.2, 0) is 10.3 Å². The number of hydrogen-bond donors (Lipinski definition) is 2. The molecule has 2 N–H and O–H groups in total. The summed E-state index contributed by atoms with van der Waals surface area (Å²) in [5.74, 6) is -2.01. The number of rotatable bonds is 7. The molecule has 2 aromatic carbocycles. The Morgan fingerprint density at radius 3 is 2.33 bits per heavy atom. The van der Waals surface area contributed by atoms with Gasteiger partial charge >= 0.3 is 0 Å². The Morgan fingerprint density at radius 1 is 1.08 bits per heavy atom. The maximum Gasteiger partial charge on any atom is 0.255 e. The van der Waals surface area contributed by atoms with E-state index >= 15 is 0 Å². The number of nitrogens with zero attached hydrogens (tertiary/aromatic N) is 2. The normalized spacial score (nSPS) is 11.8. The van der Waals surface area contributed by atoms with Crippen molar-refractivity contribution >= 4 is 11.6 Å². The molecule has 0 saturated heterocycles. The SMILES string of the molecule is COC(CO)(CO)c1nc(-c2ccc(=O)n(-c3c(C)cc(Cl)cc3C)c2)c(-c2ccc(F)cc2F)o1. The second-order valence-corrected chi connectivity index (χ2v) is 8.79. The van der Waals surface area contributed by atoms with Gasteiger partial charge in [-0.25, -0.2) is 13.8 Å². The number of aromatic nitrogens is 2. The summed E-state index contributed by atoms with van der Waals surface area (Å²) in [5, 5.41) is 20.3. The average Bonchev–Trinajstić information content (AvgIpc) is 3.27. The molecular formula is C26H23ClF2N2O5. The monoisotopic (exact) mass is 516 g/mol. The van der Waals surface area contributed by atoms with E-state index in [1.165, 1.54) is 36.1 Å². The van der Waals surface area contributed by atoms with Crippen LogP contribution in [0.2, 0.25) is 5.02 Å². The first-order valence-electron chi connectivity index (χ1n) is 10.9. The van der Waals surface area contributed by atoms with E-state index in [1.54, 1.807) is 12.1 Å². The molecule has 0 unspecified atom stereocenters. The molecule has 0 radical (unpaired) electrons. The zero-order valence-corrected chi connectivity index (χ0v) is 20.4. The van der Waals surface area contributed by atoms with E-state index in [-0.39, 0.29) is 28.5 Å². The van der Waals surface area contributed by atoms with E-state index in [0.717, 1.165) is 17.2 Å². The number of pyridine rings is 1. The Morgan fingerprint density at radius 2 is 1.75 bits per heavy atom. The fraction of sp³-hybridized carbons (Fsp3) is 0.231. The van der Waals surface area contributed by atoms with E-state index in [4.69, 9.17) is 20.8 Å². The second kappa shape index (κ2) is 9.94. The molecule has 2 aromatic heterocycles. The number of aryl methyl sites for hydroxylation is 2. The summed E-state index contributed by atoms with van der Waals surface area (Å²) >= 11 is 6.15. The van der Waals surface area contributed by atoms with Crippen molar-refractivity contribution in [2.24, 2.45) is 0 Å². The number of aliphatic hydroxyl groups excluding tert-OH is 2. The van der Waals surface area contributed by atoms with Crippen molar-refractivity contribution in [3.8, 4) is 28.3 Å². The summed E-state index contributed by atoms with van der Waals surface area (Å²) in [5.41, 5.74) is 0.412. The van der Waals surface area contributed by atoms with Crippen LogP contribution in [0.3, 0.4) is 0 Å². The average molecular weight is 517 g/mol. The lowest BCUT2D eigenvalue weighted by molar-refractivity contribution is -0.106. The number of halogens is 3. The molecule has 2 heterocycles. The predicted octanol–water partition coefficient (Wildman–Crippen LogP) is 4.53. The van der Waals surface area contributed by atoms with Crippen LogP contribution in [0.1, 0.15) is 17.0 Å². The molecule has 0 fully saturated rings. The molecule has 0 spiro atoms. The Labute approximate surface area is 210 Å².